The van der Waals surface area contributed by atoms with Crippen LogP contribution in [-0.2, 0) is 23.9 Å². The fraction of sp³-hybridized carbons (Fsp3) is 0.550. The van der Waals surface area contributed by atoms with Gasteiger partial charge >= 0.3 is 0 Å². The third-order valence-corrected chi connectivity index (χ3v) is 5.08. The molecule has 2 heterocycles. The molecule has 1 saturated heterocycles. The van der Waals surface area contributed by atoms with E-state index in [1.54, 1.807) is 6.92 Å². The lowest BCUT2D eigenvalue weighted by Crippen LogP contribution is -2.46. The Morgan fingerprint density at radius 3 is 2.69 bits per heavy atom. The van der Waals surface area contributed by atoms with E-state index >= 15 is 0 Å². The highest BCUT2D eigenvalue weighted by Gasteiger charge is 2.23. The van der Waals surface area contributed by atoms with E-state index in [-0.39, 0.29) is 30.1 Å². The van der Waals surface area contributed by atoms with Crippen molar-refractivity contribution < 1.29 is 9.84 Å². The van der Waals surface area contributed by atoms with Crippen LogP contribution in [0.3, 0.4) is 0 Å². The van der Waals surface area contributed by atoms with Crippen molar-refractivity contribution in [2.45, 2.75) is 44.9 Å². The lowest BCUT2D eigenvalue weighted by Gasteiger charge is -2.26. The maximum Gasteiger partial charge on any atom is 0.191 e. The quantitative estimate of drug-likeness (QED) is 0.297. The van der Waals surface area contributed by atoms with Crippen molar-refractivity contribution in [2.75, 3.05) is 19.7 Å². The fourth-order valence-corrected chi connectivity index (χ4v) is 3.08. The number of aliphatic imine (C=N–C) groups is 1. The number of nitrogens with one attached hydrogen (secondary N) is 2. The van der Waals surface area contributed by atoms with Gasteiger partial charge in [-0.2, -0.15) is 0 Å². The second kappa shape index (κ2) is 10.9. The van der Waals surface area contributed by atoms with Gasteiger partial charge in [0.25, 0.3) is 0 Å². The van der Waals surface area contributed by atoms with Crippen LogP contribution in [0, 0.1) is 6.92 Å². The van der Waals surface area contributed by atoms with Gasteiger partial charge in [0, 0.05) is 20.2 Å². The zero-order chi connectivity index (χ0) is 20.0. The zero-order valence-corrected chi connectivity index (χ0v) is 19.6. The minimum absolute atomic E-state index is 0. The van der Waals surface area contributed by atoms with Crippen LogP contribution in [0.4, 0.5) is 0 Å². The molecule has 0 amide bonds. The van der Waals surface area contributed by atoms with Crippen LogP contribution >= 0.6 is 24.0 Å². The number of benzene rings is 1. The number of aromatic nitrogens is 3. The van der Waals surface area contributed by atoms with E-state index in [9.17, 15) is 5.11 Å². The fourth-order valence-electron chi connectivity index (χ4n) is 3.08. The first kappa shape index (κ1) is 23.6. The van der Waals surface area contributed by atoms with E-state index < -0.39 is 5.60 Å². The highest BCUT2D eigenvalue weighted by Crippen LogP contribution is 2.19. The van der Waals surface area contributed by atoms with Crippen molar-refractivity contribution in [3.05, 3.63) is 47.5 Å². The summed E-state index contributed by atoms with van der Waals surface area (Å²) in [6.45, 7) is 5.91. The van der Waals surface area contributed by atoms with E-state index in [1.807, 2.05) is 48.9 Å². The van der Waals surface area contributed by atoms with Gasteiger partial charge in [-0.1, -0.05) is 30.3 Å². The van der Waals surface area contributed by atoms with Gasteiger partial charge in [0.15, 0.2) is 11.8 Å². The van der Waals surface area contributed by atoms with Gasteiger partial charge < -0.3 is 25.0 Å². The first-order valence-electron chi connectivity index (χ1n) is 9.72. The summed E-state index contributed by atoms with van der Waals surface area (Å²) in [7, 11) is 1.92. The van der Waals surface area contributed by atoms with Crippen LogP contribution in [0.5, 0.6) is 0 Å². The van der Waals surface area contributed by atoms with Crippen molar-refractivity contribution >= 4 is 29.9 Å². The number of nitrogens with zero attached hydrogens (tertiary/aromatic N) is 4. The standard InChI is InChI=1S/C20H30N6O2.HI/c1-15-24-25-18(26(15)3)13-22-19(21-12-17-10-7-11-28-17)23-14-20(2,27)16-8-5-4-6-9-16;/h4-6,8-9,17,27H,7,10-14H2,1-3H3,(H2,21,22,23);1H. The lowest BCUT2D eigenvalue weighted by atomic mass is 9.96. The summed E-state index contributed by atoms with van der Waals surface area (Å²) < 4.78 is 7.60. The van der Waals surface area contributed by atoms with E-state index in [0.29, 0.717) is 25.6 Å². The number of rotatable bonds is 7. The number of hydrogen-bond acceptors (Lipinski definition) is 5. The second-order valence-electron chi connectivity index (χ2n) is 7.40. The van der Waals surface area contributed by atoms with Gasteiger partial charge in [-0.25, -0.2) is 4.99 Å². The molecule has 0 bridgehead atoms. The second-order valence-corrected chi connectivity index (χ2v) is 7.40. The zero-order valence-electron chi connectivity index (χ0n) is 17.3. The molecule has 0 aliphatic carbocycles. The summed E-state index contributed by atoms with van der Waals surface area (Å²) >= 11 is 0. The summed E-state index contributed by atoms with van der Waals surface area (Å²) in [4.78, 5) is 4.63. The molecule has 1 aromatic heterocycles. The van der Waals surface area contributed by atoms with Crippen LogP contribution in [0.15, 0.2) is 35.3 Å². The number of hydrogen-bond donors (Lipinski definition) is 3. The highest BCUT2D eigenvalue weighted by atomic mass is 127. The molecule has 1 aliphatic rings. The normalized spacial score (nSPS) is 18.8. The Balaban J connectivity index is 0.00000300. The van der Waals surface area contributed by atoms with Crippen molar-refractivity contribution in [1.29, 1.82) is 0 Å². The molecule has 9 heteroatoms. The van der Waals surface area contributed by atoms with Gasteiger partial charge in [-0.15, -0.1) is 34.2 Å². The number of ether oxygens (including phenoxy) is 1. The Hall–Kier alpha value is -1.72. The van der Waals surface area contributed by atoms with Crippen molar-refractivity contribution in [3.63, 3.8) is 0 Å². The predicted octanol–water partition coefficient (Wildman–Crippen LogP) is 1.86. The summed E-state index contributed by atoms with van der Waals surface area (Å²) in [5, 5.41) is 25.7. The topological polar surface area (TPSA) is 96.6 Å². The monoisotopic (exact) mass is 514 g/mol. The predicted molar refractivity (Wildman–Crippen MR) is 123 cm³/mol. The molecule has 1 aliphatic heterocycles. The molecular weight excluding hydrogens is 483 g/mol. The lowest BCUT2D eigenvalue weighted by molar-refractivity contribution is 0.0615. The Morgan fingerprint density at radius 2 is 2.07 bits per heavy atom. The number of aryl methyl sites for hydroxylation is 1. The third-order valence-electron chi connectivity index (χ3n) is 5.08. The molecule has 2 unspecified atom stereocenters. The van der Waals surface area contributed by atoms with Crippen LogP contribution in [0.25, 0.3) is 0 Å². The van der Waals surface area contributed by atoms with E-state index in [2.05, 4.69) is 25.8 Å². The molecular formula is C20H31IN6O2. The SMILES string of the molecule is Cc1nnc(CN=C(NCC2CCCO2)NCC(C)(O)c2ccccc2)n1C.I. The smallest absolute Gasteiger partial charge is 0.191 e. The van der Waals surface area contributed by atoms with E-state index in [0.717, 1.165) is 36.7 Å². The molecule has 8 nitrogen and oxygen atoms in total. The van der Waals surface area contributed by atoms with Gasteiger partial charge in [-0.3, -0.25) is 0 Å². The summed E-state index contributed by atoms with van der Waals surface area (Å²) in [5.41, 5.74) is -0.167. The van der Waals surface area contributed by atoms with Crippen molar-refractivity contribution in [1.82, 2.24) is 25.4 Å². The first-order chi connectivity index (χ1) is 13.5. The summed E-state index contributed by atoms with van der Waals surface area (Å²) in [6.07, 6.45) is 2.33. The number of halogens is 1. The number of guanidine groups is 1. The van der Waals surface area contributed by atoms with Gasteiger partial charge in [-0.05, 0) is 32.3 Å². The van der Waals surface area contributed by atoms with E-state index in [1.165, 1.54) is 0 Å². The molecule has 2 atom stereocenters. The van der Waals surface area contributed by atoms with Gasteiger partial charge in [0.05, 0.1) is 12.6 Å². The Bertz CT molecular complexity index is 788. The molecule has 160 valence electrons. The summed E-state index contributed by atoms with van der Waals surface area (Å²) in [5.74, 6) is 2.25. The van der Waals surface area contributed by atoms with Crippen molar-refractivity contribution in [2.24, 2.45) is 12.0 Å². The molecule has 3 rings (SSSR count). The first-order valence-corrected chi connectivity index (χ1v) is 9.72. The molecule has 29 heavy (non-hydrogen) atoms. The molecule has 1 fully saturated rings. The highest BCUT2D eigenvalue weighted by molar-refractivity contribution is 14.0. The largest absolute Gasteiger partial charge is 0.384 e. The third kappa shape index (κ3) is 6.65. The Labute approximate surface area is 189 Å². The molecule has 0 radical (unpaired) electrons. The average Bonchev–Trinajstić information content (AvgIpc) is 3.33. The van der Waals surface area contributed by atoms with Gasteiger partial charge in [0.2, 0.25) is 0 Å². The van der Waals surface area contributed by atoms with Gasteiger partial charge in [0.1, 0.15) is 18.0 Å². The summed E-state index contributed by atoms with van der Waals surface area (Å²) in [6, 6.07) is 9.61. The average molecular weight is 514 g/mol. The van der Waals surface area contributed by atoms with Crippen LogP contribution in [0.1, 0.15) is 37.0 Å². The molecule has 0 spiro atoms. The minimum atomic E-state index is -1.02. The van der Waals surface area contributed by atoms with Crippen LogP contribution < -0.4 is 10.6 Å². The molecule has 0 saturated carbocycles. The number of aliphatic hydroxyl groups is 1. The minimum Gasteiger partial charge on any atom is -0.384 e. The molecule has 2 aromatic rings. The van der Waals surface area contributed by atoms with Crippen LogP contribution in [-0.4, -0.2) is 51.6 Å². The van der Waals surface area contributed by atoms with Crippen LogP contribution in [0.2, 0.25) is 0 Å². The maximum absolute atomic E-state index is 10.9. The Kier molecular flexibility index (Phi) is 8.84. The molecule has 3 N–H and O–H groups in total. The van der Waals surface area contributed by atoms with Crippen molar-refractivity contribution in [3.8, 4) is 0 Å². The molecule has 1 aromatic carbocycles. The van der Waals surface area contributed by atoms with E-state index in [4.69, 9.17) is 4.74 Å². The maximum atomic E-state index is 10.9. The Morgan fingerprint density at radius 1 is 1.31 bits per heavy atom.